The number of ketones is 1. The number of hydrogen-bond donors (Lipinski definition) is 4. The number of anilines is 1. The molecule has 220 valence electrons. The highest BCUT2D eigenvalue weighted by molar-refractivity contribution is 7.91. The van der Waals surface area contributed by atoms with Gasteiger partial charge < -0.3 is 20.5 Å². The van der Waals surface area contributed by atoms with Crippen LogP contribution in [-0.4, -0.2) is 61.1 Å². The molecular formula is C25H36N6O7S2. The van der Waals surface area contributed by atoms with Crippen LogP contribution in [0, 0.1) is 19.8 Å². The third kappa shape index (κ3) is 9.06. The maximum Gasteiger partial charge on any atom is 0.287 e. The van der Waals surface area contributed by atoms with Gasteiger partial charge in [-0.1, -0.05) is 26.7 Å². The van der Waals surface area contributed by atoms with Crippen molar-refractivity contribution in [2.45, 2.75) is 70.2 Å². The van der Waals surface area contributed by atoms with Gasteiger partial charge in [0.05, 0.1) is 10.7 Å². The topological polar surface area (TPSA) is 185 Å². The van der Waals surface area contributed by atoms with Crippen molar-refractivity contribution in [3.63, 3.8) is 0 Å². The molecule has 15 heteroatoms. The number of Topliss-reactive ketones (excluding diaryl/α,β-unsaturated/α-hetero) is 1. The lowest BCUT2D eigenvalue weighted by molar-refractivity contribution is -0.137. The summed E-state index contributed by atoms with van der Waals surface area (Å²) in [6, 6.07) is 1.27. The van der Waals surface area contributed by atoms with Crippen LogP contribution in [0.5, 0.6) is 0 Å². The highest BCUT2D eigenvalue weighted by Gasteiger charge is 2.30. The molecule has 3 amide bonds. The van der Waals surface area contributed by atoms with Gasteiger partial charge in [-0.3, -0.25) is 24.0 Å². The molecule has 2 rings (SSSR count). The Hall–Kier alpha value is -3.43. The number of aromatic nitrogens is 2. The molecule has 2 heterocycles. The van der Waals surface area contributed by atoms with Crippen molar-refractivity contribution in [2.24, 2.45) is 5.92 Å². The van der Waals surface area contributed by atoms with E-state index in [2.05, 4.69) is 25.7 Å². The van der Waals surface area contributed by atoms with E-state index in [9.17, 15) is 32.4 Å². The summed E-state index contributed by atoms with van der Waals surface area (Å²) < 4.78 is 29.4. The SMILES string of the molecule is CCC(CC)CNC(=O)Cn1cccc(NC(=O)C(CCC(=O)C(=O)NC)NS(=O)(=O)c2sc(C)nc2C)c1=O. The molecule has 0 fully saturated rings. The molecule has 0 aromatic carbocycles. The lowest BCUT2D eigenvalue weighted by Crippen LogP contribution is -2.45. The second-order valence-electron chi connectivity index (χ2n) is 9.15. The average molecular weight is 597 g/mol. The number of amides is 3. The first-order valence-electron chi connectivity index (χ1n) is 12.8. The van der Waals surface area contributed by atoms with Gasteiger partial charge in [0.15, 0.2) is 4.21 Å². The number of nitrogens with one attached hydrogen (secondary N) is 4. The maximum atomic E-state index is 13.2. The summed E-state index contributed by atoms with van der Waals surface area (Å²) in [5.41, 5.74) is -0.624. The minimum absolute atomic E-state index is 0.0955. The number of rotatable bonds is 15. The molecule has 1 atom stereocenters. The van der Waals surface area contributed by atoms with Crippen LogP contribution in [0.3, 0.4) is 0 Å². The number of pyridine rings is 1. The second kappa shape index (κ2) is 14.8. The van der Waals surface area contributed by atoms with Crippen LogP contribution < -0.4 is 26.2 Å². The van der Waals surface area contributed by atoms with Gasteiger partial charge in [-0.25, -0.2) is 13.4 Å². The van der Waals surface area contributed by atoms with E-state index in [1.54, 1.807) is 6.92 Å². The van der Waals surface area contributed by atoms with Crippen molar-refractivity contribution in [1.29, 1.82) is 0 Å². The summed E-state index contributed by atoms with van der Waals surface area (Å²) in [6.45, 7) is 7.40. The molecule has 2 aromatic heterocycles. The summed E-state index contributed by atoms with van der Waals surface area (Å²) in [6.07, 6.45) is 2.41. The van der Waals surface area contributed by atoms with E-state index in [0.29, 0.717) is 17.5 Å². The third-order valence-electron chi connectivity index (χ3n) is 6.19. The Morgan fingerprint density at radius 2 is 1.80 bits per heavy atom. The molecular weight excluding hydrogens is 560 g/mol. The van der Waals surface area contributed by atoms with Crippen LogP contribution >= 0.6 is 11.3 Å². The number of hydrogen-bond acceptors (Lipinski definition) is 9. The number of likely N-dealkylation sites (N-methyl/N-ethyl adjacent to an activating group) is 1. The van der Waals surface area contributed by atoms with Gasteiger partial charge in [-0.2, -0.15) is 4.72 Å². The van der Waals surface area contributed by atoms with E-state index < -0.39 is 45.6 Å². The van der Waals surface area contributed by atoms with E-state index in [4.69, 9.17) is 0 Å². The molecule has 13 nitrogen and oxygen atoms in total. The Balaban J connectivity index is 2.25. The number of carbonyl (C=O) groups is 4. The molecule has 0 saturated heterocycles. The first-order valence-corrected chi connectivity index (χ1v) is 15.1. The molecule has 4 N–H and O–H groups in total. The Labute approximate surface area is 237 Å². The van der Waals surface area contributed by atoms with Crippen LogP contribution in [0.1, 0.15) is 50.2 Å². The second-order valence-corrected chi connectivity index (χ2v) is 12.3. The third-order valence-corrected chi connectivity index (χ3v) is 9.35. The van der Waals surface area contributed by atoms with E-state index in [0.717, 1.165) is 28.7 Å². The zero-order chi connectivity index (χ0) is 30.0. The van der Waals surface area contributed by atoms with Crippen molar-refractivity contribution in [2.75, 3.05) is 18.9 Å². The minimum atomic E-state index is -4.24. The van der Waals surface area contributed by atoms with Crippen molar-refractivity contribution in [3.8, 4) is 0 Å². The largest absolute Gasteiger partial charge is 0.354 e. The molecule has 0 aliphatic rings. The van der Waals surface area contributed by atoms with Crippen molar-refractivity contribution < 1.29 is 27.6 Å². The Morgan fingerprint density at radius 3 is 2.38 bits per heavy atom. The fourth-order valence-electron chi connectivity index (χ4n) is 3.80. The molecule has 2 aromatic rings. The van der Waals surface area contributed by atoms with Crippen molar-refractivity contribution in [1.82, 2.24) is 24.9 Å². The number of carbonyl (C=O) groups excluding carboxylic acids is 4. The fourth-order valence-corrected chi connectivity index (χ4v) is 6.53. The van der Waals surface area contributed by atoms with Gasteiger partial charge in [0.25, 0.3) is 21.5 Å². The van der Waals surface area contributed by atoms with Crippen LogP contribution in [0.25, 0.3) is 0 Å². The summed E-state index contributed by atoms with van der Waals surface area (Å²) >= 11 is 0.915. The summed E-state index contributed by atoms with van der Waals surface area (Å²) in [7, 11) is -2.96. The lowest BCUT2D eigenvalue weighted by atomic mass is 10.0. The average Bonchev–Trinajstić information content (AvgIpc) is 3.27. The summed E-state index contributed by atoms with van der Waals surface area (Å²) in [5, 5.41) is 7.88. The molecule has 0 aliphatic carbocycles. The normalized spacial score (nSPS) is 12.2. The van der Waals surface area contributed by atoms with Gasteiger partial charge in [-0.05, 0) is 38.3 Å². The number of sulfonamides is 1. The number of nitrogens with zero attached hydrogens (tertiary/aromatic N) is 2. The van der Waals surface area contributed by atoms with E-state index in [1.807, 2.05) is 13.8 Å². The van der Waals surface area contributed by atoms with Crippen molar-refractivity contribution >= 4 is 50.6 Å². The van der Waals surface area contributed by atoms with Gasteiger partial charge in [-0.15, -0.1) is 11.3 Å². The Morgan fingerprint density at radius 1 is 1.12 bits per heavy atom. The minimum Gasteiger partial charge on any atom is -0.354 e. The molecule has 0 spiro atoms. The van der Waals surface area contributed by atoms with E-state index >= 15 is 0 Å². The number of aryl methyl sites for hydroxylation is 2. The molecule has 40 heavy (non-hydrogen) atoms. The van der Waals surface area contributed by atoms with Gasteiger partial charge >= 0.3 is 0 Å². The molecule has 0 bridgehead atoms. The first kappa shape index (κ1) is 32.8. The van der Waals surface area contributed by atoms with Gasteiger partial charge in [0, 0.05) is 26.2 Å². The summed E-state index contributed by atoms with van der Waals surface area (Å²) in [5.74, 6) is -2.69. The Bertz CT molecular complexity index is 1400. The zero-order valence-electron chi connectivity index (χ0n) is 23.2. The fraction of sp³-hybridized carbons (Fsp3) is 0.520. The molecule has 0 saturated carbocycles. The van der Waals surface area contributed by atoms with E-state index in [-0.39, 0.29) is 34.5 Å². The van der Waals surface area contributed by atoms with Gasteiger partial charge in [0.2, 0.25) is 17.6 Å². The van der Waals surface area contributed by atoms with Crippen LogP contribution in [0.2, 0.25) is 0 Å². The highest BCUT2D eigenvalue weighted by Crippen LogP contribution is 2.23. The molecule has 0 radical (unpaired) electrons. The smallest absolute Gasteiger partial charge is 0.287 e. The maximum absolute atomic E-state index is 13.2. The summed E-state index contributed by atoms with van der Waals surface area (Å²) in [4.78, 5) is 66.4. The monoisotopic (exact) mass is 596 g/mol. The molecule has 1 unspecified atom stereocenters. The van der Waals surface area contributed by atoms with Crippen LogP contribution in [-0.2, 0) is 35.7 Å². The van der Waals surface area contributed by atoms with E-state index in [1.165, 1.54) is 32.3 Å². The standard InChI is InChI=1S/C25H36N6O7S2/c1-6-17(7-2)13-27-21(33)14-31-12-8-9-19(24(31)36)29-22(34)18(10-11-20(32)23(35)26-5)30-40(37,38)25-15(3)28-16(4)39-25/h8-9,12,17-18,30H,6-7,10-11,13-14H2,1-5H3,(H,26,35)(H,27,33)(H,29,34). The quantitative estimate of drug-likeness (QED) is 0.218. The van der Waals surface area contributed by atoms with Gasteiger partial charge in [0.1, 0.15) is 18.3 Å². The predicted octanol–water partition coefficient (Wildman–Crippen LogP) is 0.855. The van der Waals surface area contributed by atoms with Crippen molar-refractivity contribution in [3.05, 3.63) is 39.4 Å². The highest BCUT2D eigenvalue weighted by atomic mass is 32.2. The van der Waals surface area contributed by atoms with Crippen LogP contribution in [0.4, 0.5) is 5.69 Å². The predicted molar refractivity (Wildman–Crippen MR) is 150 cm³/mol. The zero-order valence-corrected chi connectivity index (χ0v) is 24.8. The molecule has 0 aliphatic heterocycles. The van der Waals surface area contributed by atoms with Crippen LogP contribution in [0.15, 0.2) is 27.3 Å². The number of thiazole rings is 1. The first-order chi connectivity index (χ1) is 18.8. The lowest BCUT2D eigenvalue weighted by Gasteiger charge is -2.18. The Kier molecular flexibility index (Phi) is 12.1.